The third-order valence-corrected chi connectivity index (χ3v) is 4.91. The monoisotopic (exact) mass is 332 g/mol. The first-order valence-corrected chi connectivity index (χ1v) is 7.87. The molecule has 0 unspecified atom stereocenters. The minimum Gasteiger partial charge on any atom is -0.303 e. The molecular formula is C12H13BrO4S. The summed E-state index contributed by atoms with van der Waals surface area (Å²) >= 11 is 3.24. The maximum atomic E-state index is 12.0. The van der Waals surface area contributed by atoms with Crippen LogP contribution in [-0.2, 0) is 19.1 Å². The van der Waals surface area contributed by atoms with Crippen molar-refractivity contribution in [3.05, 3.63) is 28.7 Å². The number of aldehydes is 1. The van der Waals surface area contributed by atoms with Crippen molar-refractivity contribution in [1.29, 1.82) is 0 Å². The molecule has 0 N–H and O–H groups in total. The van der Waals surface area contributed by atoms with Gasteiger partial charge in [0.05, 0.1) is 11.0 Å². The number of rotatable bonds is 4. The third kappa shape index (κ3) is 2.99. The van der Waals surface area contributed by atoms with Gasteiger partial charge in [-0.3, -0.25) is 4.18 Å². The molecule has 98 valence electrons. The summed E-state index contributed by atoms with van der Waals surface area (Å²) in [5.41, 5.74) is 0. The molecule has 2 rings (SSSR count). The molecule has 0 aliphatic heterocycles. The van der Waals surface area contributed by atoms with Crippen molar-refractivity contribution in [3.63, 3.8) is 0 Å². The summed E-state index contributed by atoms with van der Waals surface area (Å²) in [6.45, 7) is 0. The van der Waals surface area contributed by atoms with Gasteiger partial charge in [0.15, 0.2) is 0 Å². The molecule has 1 aromatic rings. The minimum atomic E-state index is -3.78. The van der Waals surface area contributed by atoms with Gasteiger partial charge in [0, 0.05) is 10.4 Å². The Morgan fingerprint density at radius 2 is 1.89 bits per heavy atom. The molecule has 1 fully saturated rings. The molecule has 0 amide bonds. The number of benzene rings is 1. The molecule has 1 aromatic carbocycles. The van der Waals surface area contributed by atoms with Gasteiger partial charge in [0.25, 0.3) is 10.1 Å². The second-order valence-corrected chi connectivity index (χ2v) is 6.76. The molecule has 1 saturated carbocycles. The fourth-order valence-corrected chi connectivity index (χ4v) is 3.46. The lowest BCUT2D eigenvalue weighted by molar-refractivity contribution is -0.112. The maximum absolute atomic E-state index is 12.0. The van der Waals surface area contributed by atoms with Gasteiger partial charge in [0.2, 0.25) is 0 Å². The molecule has 0 radical (unpaired) electrons. The van der Waals surface area contributed by atoms with E-state index in [1.807, 2.05) is 0 Å². The predicted molar refractivity (Wildman–Crippen MR) is 69.6 cm³/mol. The summed E-state index contributed by atoms with van der Waals surface area (Å²) in [6.07, 6.45) is 2.40. The van der Waals surface area contributed by atoms with Crippen LogP contribution in [-0.4, -0.2) is 20.8 Å². The Balaban J connectivity index is 2.17. The molecule has 0 spiro atoms. The molecule has 2 atom stereocenters. The van der Waals surface area contributed by atoms with Crippen LogP contribution in [0.4, 0.5) is 0 Å². The summed E-state index contributed by atoms with van der Waals surface area (Å²) < 4.78 is 30.0. The highest BCUT2D eigenvalue weighted by molar-refractivity contribution is 9.10. The van der Waals surface area contributed by atoms with Crippen molar-refractivity contribution in [2.75, 3.05) is 0 Å². The van der Waals surface area contributed by atoms with Crippen molar-refractivity contribution in [2.24, 2.45) is 5.92 Å². The number of halogens is 1. The lowest BCUT2D eigenvalue weighted by atomic mass is 10.1. The summed E-state index contributed by atoms with van der Waals surface area (Å²) in [4.78, 5) is 10.9. The highest BCUT2D eigenvalue weighted by Crippen LogP contribution is 2.29. The second kappa shape index (κ2) is 5.50. The fourth-order valence-electron chi connectivity index (χ4n) is 2.05. The first-order valence-electron chi connectivity index (χ1n) is 5.67. The van der Waals surface area contributed by atoms with Gasteiger partial charge in [-0.25, -0.2) is 0 Å². The number of carbonyl (C=O) groups excluding carboxylic acids is 1. The van der Waals surface area contributed by atoms with Crippen molar-refractivity contribution >= 4 is 32.3 Å². The van der Waals surface area contributed by atoms with Gasteiger partial charge in [-0.15, -0.1) is 0 Å². The van der Waals surface area contributed by atoms with Gasteiger partial charge in [0.1, 0.15) is 6.29 Å². The van der Waals surface area contributed by atoms with Crippen LogP contribution >= 0.6 is 15.9 Å². The molecule has 4 nitrogen and oxygen atoms in total. The first kappa shape index (κ1) is 13.7. The van der Waals surface area contributed by atoms with Crippen LogP contribution < -0.4 is 0 Å². The Labute approximate surface area is 115 Å². The Bertz CT molecular complexity index is 524. The molecule has 0 saturated heterocycles. The standard InChI is InChI=1S/C12H13BrO4S/c13-10-4-6-11(7-5-10)18(15,16)17-12-3-1-2-9(12)8-14/h4-9,12H,1-3H2/t9-,12-/m0/s1. The Morgan fingerprint density at radius 3 is 2.50 bits per heavy atom. The summed E-state index contributed by atoms with van der Waals surface area (Å²) in [5, 5.41) is 0. The van der Waals surface area contributed by atoms with Gasteiger partial charge in [-0.2, -0.15) is 8.42 Å². The zero-order valence-corrected chi connectivity index (χ0v) is 12.0. The lowest BCUT2D eigenvalue weighted by Gasteiger charge is -2.15. The lowest BCUT2D eigenvalue weighted by Crippen LogP contribution is -2.23. The molecule has 6 heteroatoms. The summed E-state index contributed by atoms with van der Waals surface area (Å²) in [5.74, 6) is -0.310. The van der Waals surface area contributed by atoms with Gasteiger partial charge >= 0.3 is 0 Å². The predicted octanol–water partition coefficient (Wildman–Crippen LogP) is 2.52. The van der Waals surface area contributed by atoms with Crippen LogP contribution in [0.2, 0.25) is 0 Å². The number of hydrogen-bond donors (Lipinski definition) is 0. The highest BCUT2D eigenvalue weighted by atomic mass is 79.9. The average Bonchev–Trinajstić information content (AvgIpc) is 2.76. The molecule has 0 aromatic heterocycles. The molecule has 0 bridgehead atoms. The number of carbonyl (C=O) groups is 1. The normalized spacial score (nSPS) is 24.1. The Kier molecular flexibility index (Phi) is 4.19. The van der Waals surface area contributed by atoms with E-state index < -0.39 is 16.2 Å². The SMILES string of the molecule is O=C[C@@H]1CCC[C@@H]1OS(=O)(=O)c1ccc(Br)cc1. The van der Waals surface area contributed by atoms with E-state index in [0.717, 1.165) is 17.2 Å². The van der Waals surface area contributed by atoms with Crippen LogP contribution in [0.5, 0.6) is 0 Å². The average molecular weight is 333 g/mol. The van der Waals surface area contributed by atoms with E-state index in [2.05, 4.69) is 15.9 Å². The summed E-state index contributed by atoms with van der Waals surface area (Å²) in [6, 6.07) is 6.23. The van der Waals surface area contributed by atoms with E-state index in [-0.39, 0.29) is 10.8 Å². The van der Waals surface area contributed by atoms with E-state index in [1.165, 1.54) is 12.1 Å². The molecule has 18 heavy (non-hydrogen) atoms. The van der Waals surface area contributed by atoms with Crippen molar-refractivity contribution in [2.45, 2.75) is 30.3 Å². The van der Waals surface area contributed by atoms with Crippen LogP contribution in [0.3, 0.4) is 0 Å². The summed E-state index contributed by atoms with van der Waals surface area (Å²) in [7, 11) is -3.78. The quantitative estimate of drug-likeness (QED) is 0.627. The maximum Gasteiger partial charge on any atom is 0.297 e. The number of hydrogen-bond acceptors (Lipinski definition) is 4. The van der Waals surface area contributed by atoms with Crippen molar-refractivity contribution < 1.29 is 17.4 Å². The van der Waals surface area contributed by atoms with Gasteiger partial charge in [-0.1, -0.05) is 15.9 Å². The second-order valence-electron chi connectivity index (χ2n) is 4.27. The zero-order valence-electron chi connectivity index (χ0n) is 9.58. The Hall–Kier alpha value is -0.720. The fraction of sp³-hybridized carbons (Fsp3) is 0.417. The first-order chi connectivity index (χ1) is 8.53. The van der Waals surface area contributed by atoms with Gasteiger partial charge < -0.3 is 4.79 Å². The molecule has 0 heterocycles. The van der Waals surface area contributed by atoms with E-state index in [0.29, 0.717) is 12.8 Å². The van der Waals surface area contributed by atoms with Crippen LogP contribution in [0.1, 0.15) is 19.3 Å². The molecular weight excluding hydrogens is 320 g/mol. The van der Waals surface area contributed by atoms with E-state index in [1.54, 1.807) is 12.1 Å². The van der Waals surface area contributed by atoms with Crippen LogP contribution in [0.25, 0.3) is 0 Å². The van der Waals surface area contributed by atoms with Crippen LogP contribution in [0.15, 0.2) is 33.6 Å². The minimum absolute atomic E-state index is 0.113. The highest BCUT2D eigenvalue weighted by Gasteiger charge is 2.32. The smallest absolute Gasteiger partial charge is 0.297 e. The van der Waals surface area contributed by atoms with Crippen LogP contribution in [0, 0.1) is 5.92 Å². The van der Waals surface area contributed by atoms with E-state index in [4.69, 9.17) is 4.18 Å². The van der Waals surface area contributed by atoms with Gasteiger partial charge in [-0.05, 0) is 43.5 Å². The Morgan fingerprint density at radius 1 is 1.22 bits per heavy atom. The van der Waals surface area contributed by atoms with E-state index >= 15 is 0 Å². The molecule has 1 aliphatic carbocycles. The van der Waals surface area contributed by atoms with Crippen molar-refractivity contribution in [1.82, 2.24) is 0 Å². The van der Waals surface area contributed by atoms with Crippen molar-refractivity contribution in [3.8, 4) is 0 Å². The topological polar surface area (TPSA) is 60.4 Å². The van der Waals surface area contributed by atoms with E-state index in [9.17, 15) is 13.2 Å². The largest absolute Gasteiger partial charge is 0.303 e. The third-order valence-electron chi connectivity index (χ3n) is 3.03. The zero-order chi connectivity index (χ0) is 13.2. The molecule has 1 aliphatic rings.